The van der Waals surface area contributed by atoms with Gasteiger partial charge in [-0.2, -0.15) is 0 Å². The van der Waals surface area contributed by atoms with Crippen LogP contribution < -0.4 is 0 Å². The summed E-state index contributed by atoms with van der Waals surface area (Å²) in [4.78, 5) is 10.7. The second-order valence-corrected chi connectivity index (χ2v) is 7.32. The minimum Gasteiger partial charge on any atom is -0.481 e. The van der Waals surface area contributed by atoms with Crippen molar-refractivity contribution in [2.45, 2.75) is 44.4 Å². The molecule has 1 aromatic rings. The number of hydrogen-bond donors (Lipinski definition) is 1. The van der Waals surface area contributed by atoms with Crippen molar-refractivity contribution < 1.29 is 9.90 Å². The van der Waals surface area contributed by atoms with Crippen LogP contribution in [0.4, 0.5) is 0 Å². The Hall–Kier alpha value is -0.730. The van der Waals surface area contributed by atoms with Crippen molar-refractivity contribution in [2.75, 3.05) is 0 Å². The number of fused-ring (bicyclic) bond motifs is 1. The van der Waals surface area contributed by atoms with Gasteiger partial charge >= 0.3 is 5.97 Å². The van der Waals surface area contributed by atoms with Crippen LogP contribution in [0.5, 0.6) is 0 Å². The summed E-state index contributed by atoms with van der Waals surface area (Å²) in [5, 5.41) is 9.95. The summed E-state index contributed by atoms with van der Waals surface area (Å²) >= 11 is 12.6. The molecule has 19 heavy (non-hydrogen) atoms. The zero-order valence-corrected chi connectivity index (χ0v) is 12.8. The largest absolute Gasteiger partial charge is 0.481 e. The first kappa shape index (κ1) is 14.7. The van der Waals surface area contributed by atoms with Crippen LogP contribution in [-0.2, 0) is 11.2 Å². The SMILES string of the molecule is CC1c2ccc(Cl)cc2CC1(CC(=O)O)C(C)(C)Cl. The molecule has 0 fully saturated rings. The van der Waals surface area contributed by atoms with E-state index in [0.29, 0.717) is 11.4 Å². The van der Waals surface area contributed by atoms with Gasteiger partial charge in [-0.25, -0.2) is 0 Å². The third-order valence-electron chi connectivity index (χ3n) is 4.56. The molecule has 4 heteroatoms. The third kappa shape index (κ3) is 2.36. The van der Waals surface area contributed by atoms with Gasteiger partial charge in [0.2, 0.25) is 0 Å². The molecule has 0 bridgehead atoms. The van der Waals surface area contributed by atoms with E-state index in [1.807, 2.05) is 32.0 Å². The molecule has 2 nitrogen and oxygen atoms in total. The summed E-state index contributed by atoms with van der Waals surface area (Å²) in [5.74, 6) is -0.706. The van der Waals surface area contributed by atoms with Gasteiger partial charge in [0.25, 0.3) is 0 Å². The number of rotatable bonds is 3. The van der Waals surface area contributed by atoms with Crippen LogP contribution in [0.1, 0.15) is 44.2 Å². The highest BCUT2D eigenvalue weighted by atomic mass is 35.5. The molecular weight excluding hydrogens is 283 g/mol. The Labute approximate surface area is 123 Å². The lowest BCUT2D eigenvalue weighted by atomic mass is 9.66. The summed E-state index contributed by atoms with van der Waals surface area (Å²) in [5.41, 5.74) is 1.81. The number of aliphatic carboxylic acids is 1. The van der Waals surface area contributed by atoms with Gasteiger partial charge in [0.05, 0.1) is 6.42 Å². The molecule has 0 aliphatic heterocycles. The molecule has 0 amide bonds. The lowest BCUT2D eigenvalue weighted by Crippen LogP contribution is -2.43. The first-order valence-corrected chi connectivity index (χ1v) is 7.12. The Kier molecular flexibility index (Phi) is 3.61. The van der Waals surface area contributed by atoms with Gasteiger partial charge in [-0.1, -0.05) is 24.6 Å². The van der Waals surface area contributed by atoms with Gasteiger partial charge in [0.1, 0.15) is 0 Å². The second kappa shape index (κ2) is 4.68. The first-order chi connectivity index (χ1) is 8.67. The Morgan fingerprint density at radius 1 is 1.53 bits per heavy atom. The molecule has 2 atom stereocenters. The van der Waals surface area contributed by atoms with E-state index in [1.54, 1.807) is 0 Å². The Morgan fingerprint density at radius 3 is 2.68 bits per heavy atom. The zero-order valence-electron chi connectivity index (χ0n) is 11.3. The smallest absolute Gasteiger partial charge is 0.304 e. The molecule has 0 radical (unpaired) electrons. The quantitative estimate of drug-likeness (QED) is 0.836. The van der Waals surface area contributed by atoms with E-state index in [2.05, 4.69) is 6.92 Å². The maximum atomic E-state index is 11.3. The lowest BCUT2D eigenvalue weighted by molar-refractivity contribution is -0.140. The standard InChI is InChI=1S/C15H18Cl2O2/c1-9-12-5-4-11(16)6-10(12)7-15(9,8-13(18)19)14(2,3)17/h4-6,9H,7-8H2,1-3H3,(H,18,19). The molecule has 0 aromatic heterocycles. The molecule has 0 heterocycles. The minimum atomic E-state index is -0.806. The van der Waals surface area contributed by atoms with E-state index < -0.39 is 16.3 Å². The topological polar surface area (TPSA) is 37.3 Å². The van der Waals surface area contributed by atoms with Crippen molar-refractivity contribution in [1.29, 1.82) is 0 Å². The summed E-state index contributed by atoms with van der Waals surface area (Å²) < 4.78 is 0. The normalized spacial score (nSPS) is 26.3. The average Bonchev–Trinajstić information content (AvgIpc) is 2.51. The summed E-state index contributed by atoms with van der Waals surface area (Å²) in [6.07, 6.45) is 0.726. The van der Waals surface area contributed by atoms with Gasteiger partial charge in [-0.15, -0.1) is 11.6 Å². The van der Waals surface area contributed by atoms with Crippen molar-refractivity contribution >= 4 is 29.2 Å². The fourth-order valence-electron chi connectivity index (χ4n) is 3.36. The van der Waals surface area contributed by atoms with Crippen molar-refractivity contribution in [3.8, 4) is 0 Å². The molecule has 2 rings (SSSR count). The van der Waals surface area contributed by atoms with Crippen LogP contribution >= 0.6 is 23.2 Å². The highest BCUT2D eigenvalue weighted by molar-refractivity contribution is 6.30. The molecule has 0 spiro atoms. The summed E-state index contributed by atoms with van der Waals surface area (Å²) in [7, 11) is 0. The summed E-state index contributed by atoms with van der Waals surface area (Å²) in [6, 6.07) is 5.78. The predicted octanol–water partition coefficient (Wildman–Crippen LogP) is 4.48. The highest BCUT2D eigenvalue weighted by Gasteiger charge is 2.53. The third-order valence-corrected chi connectivity index (χ3v) is 5.17. The van der Waals surface area contributed by atoms with Gasteiger partial charge < -0.3 is 5.11 Å². The average molecular weight is 301 g/mol. The molecule has 0 saturated heterocycles. The van der Waals surface area contributed by atoms with E-state index in [0.717, 1.165) is 5.56 Å². The monoisotopic (exact) mass is 300 g/mol. The van der Waals surface area contributed by atoms with Crippen molar-refractivity contribution in [2.24, 2.45) is 5.41 Å². The molecule has 104 valence electrons. The van der Waals surface area contributed by atoms with Gasteiger partial charge in [-0.05, 0) is 49.4 Å². The second-order valence-electron chi connectivity index (χ2n) is 5.94. The van der Waals surface area contributed by atoms with Crippen LogP contribution in [0.25, 0.3) is 0 Å². The van der Waals surface area contributed by atoms with Crippen LogP contribution in [0, 0.1) is 5.41 Å². The van der Waals surface area contributed by atoms with Crippen LogP contribution in [0.3, 0.4) is 0 Å². The Morgan fingerprint density at radius 2 is 2.16 bits per heavy atom. The van der Waals surface area contributed by atoms with Crippen molar-refractivity contribution in [3.05, 3.63) is 34.3 Å². The van der Waals surface area contributed by atoms with Crippen molar-refractivity contribution in [1.82, 2.24) is 0 Å². The van der Waals surface area contributed by atoms with E-state index in [-0.39, 0.29) is 12.3 Å². The van der Waals surface area contributed by atoms with E-state index >= 15 is 0 Å². The first-order valence-electron chi connectivity index (χ1n) is 6.36. The Bertz CT molecular complexity index is 519. The number of carboxylic acids is 1. The predicted molar refractivity (Wildman–Crippen MR) is 78.2 cm³/mol. The molecule has 1 aliphatic carbocycles. The van der Waals surface area contributed by atoms with Crippen LogP contribution in [-0.4, -0.2) is 16.0 Å². The highest BCUT2D eigenvalue weighted by Crippen LogP contribution is 2.57. The molecule has 2 unspecified atom stereocenters. The summed E-state index contributed by atoms with van der Waals surface area (Å²) in [6.45, 7) is 5.87. The minimum absolute atomic E-state index is 0.0664. The number of alkyl halides is 1. The van der Waals surface area contributed by atoms with E-state index in [4.69, 9.17) is 23.2 Å². The van der Waals surface area contributed by atoms with Gasteiger partial charge in [0.15, 0.2) is 0 Å². The number of carbonyl (C=O) groups is 1. The molecule has 0 saturated carbocycles. The van der Waals surface area contributed by atoms with Gasteiger partial charge in [0, 0.05) is 15.3 Å². The van der Waals surface area contributed by atoms with E-state index in [9.17, 15) is 9.90 Å². The number of carboxylic acid groups (broad SMARTS) is 1. The lowest BCUT2D eigenvalue weighted by Gasteiger charge is -2.42. The Balaban J connectivity index is 2.52. The molecular formula is C15H18Cl2O2. The van der Waals surface area contributed by atoms with Gasteiger partial charge in [-0.3, -0.25) is 4.79 Å². The number of hydrogen-bond acceptors (Lipinski definition) is 1. The maximum Gasteiger partial charge on any atom is 0.304 e. The fourth-order valence-corrected chi connectivity index (χ4v) is 3.85. The molecule has 1 aromatic carbocycles. The zero-order chi connectivity index (χ0) is 14.4. The van der Waals surface area contributed by atoms with Crippen LogP contribution in [0.2, 0.25) is 5.02 Å². The molecule has 1 N–H and O–H groups in total. The number of halogens is 2. The fraction of sp³-hybridized carbons (Fsp3) is 0.533. The maximum absolute atomic E-state index is 11.3. The van der Waals surface area contributed by atoms with E-state index in [1.165, 1.54) is 5.56 Å². The van der Waals surface area contributed by atoms with Crippen LogP contribution in [0.15, 0.2) is 18.2 Å². The van der Waals surface area contributed by atoms with Crippen molar-refractivity contribution in [3.63, 3.8) is 0 Å². The molecule has 1 aliphatic rings. The number of benzene rings is 1.